The molecule has 0 spiro atoms. The molecule has 9 nitrogen and oxygen atoms in total. The van der Waals surface area contributed by atoms with Crippen molar-refractivity contribution in [3.8, 4) is 0 Å². The van der Waals surface area contributed by atoms with E-state index in [2.05, 4.69) is 35.4 Å². The number of piperazine rings is 1. The molecule has 2 aliphatic rings. The number of rotatable bonds is 7. The smallest absolute Gasteiger partial charge is 0.308 e. The second-order valence-corrected chi connectivity index (χ2v) is 10.8. The SMILES string of the molecule is CCc1cc(N2CCN(C(=O)CCC3(CC(=O)OC(C)(C)C)NC(O)NC3=O)C[C@@H]2C)ccc1Cl. The summed E-state index contributed by atoms with van der Waals surface area (Å²) in [5.74, 6) is -1.18. The highest BCUT2D eigenvalue weighted by Crippen LogP contribution is 2.28. The normalized spacial score (nSPS) is 24.9. The van der Waals surface area contributed by atoms with Gasteiger partial charge >= 0.3 is 5.97 Å². The summed E-state index contributed by atoms with van der Waals surface area (Å²) in [5.41, 5.74) is 0.0715. The first-order valence-electron chi connectivity index (χ1n) is 12.1. The summed E-state index contributed by atoms with van der Waals surface area (Å²) in [6.45, 7) is 11.1. The van der Waals surface area contributed by atoms with Crippen LogP contribution < -0.4 is 15.5 Å². The topological polar surface area (TPSA) is 111 Å². The average molecular weight is 509 g/mol. The molecule has 3 rings (SSSR count). The first kappa shape index (κ1) is 27.2. The minimum absolute atomic E-state index is 0.0591. The Bertz CT molecular complexity index is 966. The van der Waals surface area contributed by atoms with Crippen LogP contribution in [0.2, 0.25) is 5.02 Å². The molecule has 0 saturated carbocycles. The molecule has 2 aliphatic heterocycles. The number of nitrogens with zero attached hydrogens (tertiary/aromatic N) is 2. The fourth-order valence-electron chi connectivity index (χ4n) is 4.71. The van der Waals surface area contributed by atoms with Gasteiger partial charge in [-0.15, -0.1) is 0 Å². The maximum absolute atomic E-state index is 13.1. The number of anilines is 1. The molecule has 3 N–H and O–H groups in total. The van der Waals surface area contributed by atoms with E-state index in [9.17, 15) is 19.5 Å². The predicted molar refractivity (Wildman–Crippen MR) is 134 cm³/mol. The van der Waals surface area contributed by atoms with E-state index < -0.39 is 29.4 Å². The standard InChI is InChI=1S/C25H37ClN4O5/c1-6-17-13-18(7-8-19(17)26)30-12-11-29(15-16(30)2)20(31)9-10-25(22(33)27-23(34)28-25)14-21(32)35-24(3,4)5/h7-8,13,16,23,28,34H,6,9-12,14-15H2,1-5H3,(H,27,33)/t16-,23?,25?/m0/s1. The van der Waals surface area contributed by atoms with Crippen molar-refractivity contribution in [1.29, 1.82) is 0 Å². The van der Waals surface area contributed by atoms with Gasteiger partial charge in [0.25, 0.3) is 0 Å². The van der Waals surface area contributed by atoms with Crippen molar-refractivity contribution >= 4 is 35.1 Å². The van der Waals surface area contributed by atoms with Gasteiger partial charge in [-0.05, 0) is 64.3 Å². The van der Waals surface area contributed by atoms with Gasteiger partial charge in [-0.25, -0.2) is 0 Å². The van der Waals surface area contributed by atoms with Gasteiger partial charge < -0.3 is 25.0 Å². The Balaban J connectivity index is 1.62. The zero-order valence-corrected chi connectivity index (χ0v) is 21.9. The summed E-state index contributed by atoms with van der Waals surface area (Å²) in [5, 5.41) is 15.8. The molecule has 1 aromatic carbocycles. The molecule has 2 heterocycles. The molecule has 0 aromatic heterocycles. The summed E-state index contributed by atoms with van der Waals surface area (Å²) in [7, 11) is 0. The highest BCUT2D eigenvalue weighted by molar-refractivity contribution is 6.31. The number of esters is 1. The molecule has 0 radical (unpaired) electrons. The van der Waals surface area contributed by atoms with E-state index in [1.54, 1.807) is 25.7 Å². The number of carbonyl (C=O) groups is 3. The largest absolute Gasteiger partial charge is 0.460 e. The molecule has 2 saturated heterocycles. The van der Waals surface area contributed by atoms with E-state index in [1.165, 1.54) is 0 Å². The second-order valence-electron chi connectivity index (χ2n) is 10.4. The maximum atomic E-state index is 13.1. The van der Waals surface area contributed by atoms with Gasteiger partial charge in [-0.1, -0.05) is 18.5 Å². The molecular weight excluding hydrogens is 472 g/mol. The molecule has 2 unspecified atom stereocenters. The quantitative estimate of drug-likeness (QED) is 0.484. The van der Waals surface area contributed by atoms with Crippen LogP contribution in [0.5, 0.6) is 0 Å². The summed E-state index contributed by atoms with van der Waals surface area (Å²) in [6, 6.07) is 6.12. The highest BCUT2D eigenvalue weighted by Gasteiger charge is 2.48. The Morgan fingerprint density at radius 1 is 1.29 bits per heavy atom. The van der Waals surface area contributed by atoms with E-state index in [-0.39, 0.29) is 31.2 Å². The van der Waals surface area contributed by atoms with Crippen molar-refractivity contribution in [3.63, 3.8) is 0 Å². The van der Waals surface area contributed by atoms with E-state index in [0.29, 0.717) is 19.6 Å². The Morgan fingerprint density at radius 2 is 2.00 bits per heavy atom. The van der Waals surface area contributed by atoms with Crippen LogP contribution in [0.3, 0.4) is 0 Å². The third-order valence-electron chi connectivity index (χ3n) is 6.47. The number of halogens is 1. The van der Waals surface area contributed by atoms with Crippen molar-refractivity contribution < 1.29 is 24.2 Å². The third-order valence-corrected chi connectivity index (χ3v) is 6.84. The minimum atomic E-state index is -1.40. The van der Waals surface area contributed by atoms with Crippen LogP contribution in [0, 0.1) is 0 Å². The van der Waals surface area contributed by atoms with Gasteiger partial charge in [0.1, 0.15) is 11.1 Å². The monoisotopic (exact) mass is 508 g/mol. The van der Waals surface area contributed by atoms with Crippen LogP contribution in [0.4, 0.5) is 5.69 Å². The van der Waals surface area contributed by atoms with E-state index >= 15 is 0 Å². The Kier molecular flexibility index (Phi) is 8.34. The number of amides is 2. The minimum Gasteiger partial charge on any atom is -0.460 e. The first-order chi connectivity index (χ1) is 16.3. The highest BCUT2D eigenvalue weighted by atomic mass is 35.5. The number of ether oxygens (including phenoxy) is 1. The van der Waals surface area contributed by atoms with Crippen molar-refractivity contribution in [2.45, 2.75) is 83.8 Å². The van der Waals surface area contributed by atoms with Crippen molar-refractivity contribution in [1.82, 2.24) is 15.5 Å². The molecule has 35 heavy (non-hydrogen) atoms. The number of benzene rings is 1. The predicted octanol–water partition coefficient (Wildman–Crippen LogP) is 2.19. The zero-order valence-electron chi connectivity index (χ0n) is 21.2. The third kappa shape index (κ3) is 6.65. The lowest BCUT2D eigenvalue weighted by atomic mass is 9.89. The van der Waals surface area contributed by atoms with E-state index in [1.807, 2.05) is 12.1 Å². The number of aliphatic hydroxyl groups is 1. The Hall–Kier alpha value is -2.36. The molecule has 0 aliphatic carbocycles. The average Bonchev–Trinajstić information content (AvgIpc) is 3.03. The van der Waals surface area contributed by atoms with Crippen molar-refractivity contribution in [2.75, 3.05) is 24.5 Å². The summed E-state index contributed by atoms with van der Waals surface area (Å²) >= 11 is 6.27. The second kappa shape index (κ2) is 10.7. The molecule has 10 heteroatoms. The maximum Gasteiger partial charge on any atom is 0.308 e. The molecule has 1 aromatic rings. The van der Waals surface area contributed by atoms with Crippen LogP contribution in [0.25, 0.3) is 0 Å². The van der Waals surface area contributed by atoms with Gasteiger partial charge in [0.05, 0.1) is 6.42 Å². The van der Waals surface area contributed by atoms with Gasteiger partial charge in [-0.3, -0.25) is 19.7 Å². The number of nitrogens with one attached hydrogen (secondary N) is 2. The van der Waals surface area contributed by atoms with Crippen molar-refractivity contribution in [3.05, 3.63) is 28.8 Å². The van der Waals surface area contributed by atoms with E-state index in [4.69, 9.17) is 16.3 Å². The summed E-state index contributed by atoms with van der Waals surface area (Å²) in [4.78, 5) is 42.3. The van der Waals surface area contributed by atoms with Crippen LogP contribution >= 0.6 is 11.6 Å². The summed E-state index contributed by atoms with van der Waals surface area (Å²) < 4.78 is 5.37. The number of hydrogen-bond donors (Lipinski definition) is 3. The van der Waals surface area contributed by atoms with E-state index in [0.717, 1.165) is 22.7 Å². The Morgan fingerprint density at radius 3 is 2.57 bits per heavy atom. The molecular formula is C25H37ClN4O5. The first-order valence-corrected chi connectivity index (χ1v) is 12.5. The van der Waals surface area contributed by atoms with Crippen molar-refractivity contribution in [2.24, 2.45) is 0 Å². The van der Waals surface area contributed by atoms with Gasteiger partial charge in [-0.2, -0.15) is 0 Å². The fourth-order valence-corrected chi connectivity index (χ4v) is 4.96. The summed E-state index contributed by atoms with van der Waals surface area (Å²) in [6.07, 6.45) is -0.582. The zero-order chi connectivity index (χ0) is 26.0. The number of aryl methyl sites for hydroxylation is 1. The number of aliphatic hydroxyl groups excluding tert-OH is 1. The lowest BCUT2D eigenvalue weighted by Crippen LogP contribution is -2.55. The van der Waals surface area contributed by atoms with Gasteiger partial charge in [0.2, 0.25) is 11.8 Å². The number of hydrogen-bond acceptors (Lipinski definition) is 7. The molecule has 0 bridgehead atoms. The fraction of sp³-hybridized carbons (Fsp3) is 0.640. The molecule has 194 valence electrons. The number of carbonyl (C=O) groups excluding carboxylic acids is 3. The van der Waals surface area contributed by atoms with Crippen LogP contribution in [0.15, 0.2) is 18.2 Å². The Labute approximate surface area is 212 Å². The molecule has 2 fully saturated rings. The van der Waals surface area contributed by atoms with Gasteiger partial charge in [0, 0.05) is 42.8 Å². The lowest BCUT2D eigenvalue weighted by Gasteiger charge is -2.41. The molecule has 3 atom stereocenters. The van der Waals surface area contributed by atoms with Crippen LogP contribution in [-0.4, -0.2) is 71.0 Å². The van der Waals surface area contributed by atoms with Crippen LogP contribution in [-0.2, 0) is 25.5 Å². The molecule has 2 amide bonds. The van der Waals surface area contributed by atoms with Crippen LogP contribution in [0.1, 0.15) is 59.4 Å². The van der Waals surface area contributed by atoms with Gasteiger partial charge in [0.15, 0.2) is 6.35 Å². The lowest BCUT2D eigenvalue weighted by molar-refractivity contribution is -0.158.